The number of aromatic nitrogens is 1. The lowest BCUT2D eigenvalue weighted by Gasteiger charge is -2.24. The number of carbonyl (C=O) groups is 1. The standard InChI is InChI=1S/C33H46N2O2S/c1-6-7-8-9-10-11-12-13-19-37-31-18-17-27(21-30(31)33(3,4)5)22-32(36)34-29-16-14-15-28(20-29)23-35-25-38-24-26(35)2/h14-18,20-21,24-25H,6-13,19,22-23H2,1-5H3/p+1. The first-order valence-corrected chi connectivity index (χ1v) is 15.3. The molecule has 0 unspecified atom stereocenters. The number of unbranched alkanes of at least 4 members (excludes halogenated alkanes) is 7. The van der Waals surface area contributed by atoms with Crippen LogP contribution in [0.25, 0.3) is 0 Å². The number of anilines is 1. The van der Waals surface area contributed by atoms with Crippen molar-refractivity contribution >= 4 is 22.9 Å². The molecule has 0 bridgehead atoms. The van der Waals surface area contributed by atoms with Crippen LogP contribution in [0.2, 0.25) is 0 Å². The molecule has 206 valence electrons. The summed E-state index contributed by atoms with van der Waals surface area (Å²) in [7, 11) is 0. The smallest absolute Gasteiger partial charge is 0.228 e. The Balaban J connectivity index is 1.53. The van der Waals surface area contributed by atoms with Crippen LogP contribution in [0.15, 0.2) is 53.4 Å². The minimum absolute atomic E-state index is 0.00557. The van der Waals surface area contributed by atoms with Crippen molar-refractivity contribution in [2.45, 2.75) is 104 Å². The number of thiazole rings is 1. The number of nitrogens with one attached hydrogen (secondary N) is 1. The number of ether oxygens (including phenoxy) is 1. The second-order valence-corrected chi connectivity index (χ2v) is 12.2. The first kappa shape index (κ1) is 29.9. The Hall–Kier alpha value is -2.66. The van der Waals surface area contributed by atoms with E-state index in [1.54, 1.807) is 11.3 Å². The molecule has 0 aliphatic heterocycles. The van der Waals surface area contributed by atoms with Gasteiger partial charge in [-0.2, -0.15) is 4.57 Å². The summed E-state index contributed by atoms with van der Waals surface area (Å²) in [6.45, 7) is 12.5. The third-order valence-corrected chi connectivity index (χ3v) is 7.77. The van der Waals surface area contributed by atoms with Gasteiger partial charge in [-0.15, -0.1) is 0 Å². The van der Waals surface area contributed by atoms with E-state index >= 15 is 0 Å². The van der Waals surface area contributed by atoms with Crippen LogP contribution < -0.4 is 14.6 Å². The molecule has 0 spiro atoms. The molecule has 1 heterocycles. The third-order valence-electron chi connectivity index (χ3n) is 6.92. The molecular weight excluding hydrogens is 488 g/mol. The largest absolute Gasteiger partial charge is 0.493 e. The van der Waals surface area contributed by atoms with Crippen LogP contribution in [0, 0.1) is 6.92 Å². The molecule has 4 nitrogen and oxygen atoms in total. The molecule has 0 saturated heterocycles. The molecule has 1 N–H and O–H groups in total. The van der Waals surface area contributed by atoms with Gasteiger partial charge in [0.05, 0.1) is 18.4 Å². The highest BCUT2D eigenvalue weighted by molar-refractivity contribution is 7.07. The van der Waals surface area contributed by atoms with Crippen LogP contribution in [0.5, 0.6) is 5.75 Å². The van der Waals surface area contributed by atoms with Gasteiger partial charge in [-0.25, -0.2) is 0 Å². The first-order valence-electron chi connectivity index (χ1n) is 14.3. The number of hydrogen-bond donors (Lipinski definition) is 1. The highest BCUT2D eigenvalue weighted by atomic mass is 32.1. The van der Waals surface area contributed by atoms with E-state index in [-0.39, 0.29) is 11.3 Å². The van der Waals surface area contributed by atoms with Crippen LogP contribution in [0.1, 0.15) is 101 Å². The number of amides is 1. The van der Waals surface area contributed by atoms with Crippen molar-refractivity contribution in [1.29, 1.82) is 0 Å². The summed E-state index contributed by atoms with van der Waals surface area (Å²) in [4.78, 5) is 12.9. The van der Waals surface area contributed by atoms with Gasteiger partial charge in [0.1, 0.15) is 5.75 Å². The Morgan fingerprint density at radius 3 is 2.37 bits per heavy atom. The zero-order chi connectivity index (χ0) is 27.4. The number of benzene rings is 2. The molecule has 2 aromatic carbocycles. The first-order chi connectivity index (χ1) is 18.3. The van der Waals surface area contributed by atoms with Crippen LogP contribution in [-0.4, -0.2) is 12.5 Å². The van der Waals surface area contributed by atoms with E-state index in [0.717, 1.165) is 42.1 Å². The van der Waals surface area contributed by atoms with E-state index < -0.39 is 0 Å². The fourth-order valence-corrected chi connectivity index (χ4v) is 5.45. The van der Waals surface area contributed by atoms with E-state index in [1.165, 1.54) is 56.2 Å². The Bertz CT molecular complexity index is 1150. The molecule has 0 aliphatic carbocycles. The van der Waals surface area contributed by atoms with Crippen LogP contribution >= 0.6 is 11.3 Å². The molecule has 0 saturated carbocycles. The van der Waals surface area contributed by atoms with Gasteiger partial charge < -0.3 is 10.1 Å². The maximum absolute atomic E-state index is 12.9. The van der Waals surface area contributed by atoms with E-state index in [0.29, 0.717) is 6.42 Å². The molecule has 5 heteroatoms. The summed E-state index contributed by atoms with van der Waals surface area (Å²) in [5, 5.41) is 5.23. The van der Waals surface area contributed by atoms with Gasteiger partial charge in [0.15, 0.2) is 12.2 Å². The van der Waals surface area contributed by atoms with Gasteiger partial charge in [0.2, 0.25) is 11.4 Å². The monoisotopic (exact) mass is 535 g/mol. The number of rotatable bonds is 15. The summed E-state index contributed by atoms with van der Waals surface area (Å²) < 4.78 is 8.45. The predicted molar refractivity (Wildman–Crippen MR) is 160 cm³/mol. The molecule has 1 amide bonds. The fourth-order valence-electron chi connectivity index (χ4n) is 4.67. The van der Waals surface area contributed by atoms with Crippen LogP contribution in [0.4, 0.5) is 5.69 Å². The van der Waals surface area contributed by atoms with Gasteiger partial charge in [0.25, 0.3) is 0 Å². The minimum atomic E-state index is -0.0626. The number of nitrogens with zero attached hydrogens (tertiary/aromatic N) is 1. The average molecular weight is 536 g/mol. The van der Waals surface area contributed by atoms with E-state index in [1.807, 2.05) is 18.2 Å². The molecule has 3 aromatic rings. The van der Waals surface area contributed by atoms with Gasteiger partial charge >= 0.3 is 0 Å². The summed E-state index contributed by atoms with van der Waals surface area (Å²) in [5.74, 6) is 0.938. The number of carbonyl (C=O) groups excluding carboxylic acids is 1. The Kier molecular flexibility index (Phi) is 11.8. The van der Waals surface area contributed by atoms with Crippen LogP contribution in [-0.2, 0) is 23.2 Å². The van der Waals surface area contributed by atoms with Crippen molar-refractivity contribution in [3.05, 3.63) is 75.7 Å². The quantitative estimate of drug-likeness (QED) is 0.157. The lowest BCUT2D eigenvalue weighted by atomic mass is 9.85. The molecule has 0 radical (unpaired) electrons. The topological polar surface area (TPSA) is 42.2 Å². The maximum Gasteiger partial charge on any atom is 0.228 e. The SMILES string of the molecule is CCCCCCCCCCOc1ccc(CC(=O)Nc2cccc(C[n+]3cscc3C)c2)cc1C(C)(C)C. The van der Waals surface area contributed by atoms with E-state index in [2.05, 4.69) is 79.7 Å². The Labute approximate surface area is 234 Å². The zero-order valence-corrected chi connectivity index (χ0v) is 25.0. The molecular formula is C33H47N2O2S+. The normalized spacial score (nSPS) is 11.5. The lowest BCUT2D eigenvalue weighted by Crippen LogP contribution is -2.34. The van der Waals surface area contributed by atoms with Gasteiger partial charge in [0, 0.05) is 18.2 Å². The highest BCUT2D eigenvalue weighted by Gasteiger charge is 2.20. The average Bonchev–Trinajstić information content (AvgIpc) is 3.27. The molecule has 0 fully saturated rings. The van der Waals surface area contributed by atoms with Crippen molar-refractivity contribution in [1.82, 2.24) is 0 Å². The predicted octanol–water partition coefficient (Wildman–Crippen LogP) is 8.39. The molecule has 1 aromatic heterocycles. The third kappa shape index (κ3) is 9.90. The van der Waals surface area contributed by atoms with Gasteiger partial charge in [-0.3, -0.25) is 4.79 Å². The summed E-state index contributed by atoms with van der Waals surface area (Å²) >= 11 is 1.70. The van der Waals surface area contributed by atoms with Crippen LogP contribution in [0.3, 0.4) is 0 Å². The number of aryl methyl sites for hydroxylation is 1. The van der Waals surface area contributed by atoms with E-state index in [9.17, 15) is 4.79 Å². The summed E-state index contributed by atoms with van der Waals surface area (Å²) in [6, 6.07) is 14.3. The summed E-state index contributed by atoms with van der Waals surface area (Å²) in [6.07, 6.45) is 10.7. The van der Waals surface area contributed by atoms with Crippen molar-refractivity contribution in [2.24, 2.45) is 0 Å². The summed E-state index contributed by atoms with van der Waals surface area (Å²) in [5.41, 5.74) is 7.47. The fraction of sp³-hybridized carbons (Fsp3) is 0.515. The zero-order valence-electron chi connectivity index (χ0n) is 24.1. The lowest BCUT2D eigenvalue weighted by molar-refractivity contribution is -0.689. The van der Waals surface area contributed by atoms with Gasteiger partial charge in [-0.05, 0) is 41.2 Å². The molecule has 0 aliphatic rings. The minimum Gasteiger partial charge on any atom is -0.493 e. The van der Waals surface area contributed by atoms with Crippen molar-refractivity contribution < 1.29 is 14.1 Å². The Morgan fingerprint density at radius 1 is 0.947 bits per heavy atom. The van der Waals surface area contributed by atoms with Crippen molar-refractivity contribution in [3.63, 3.8) is 0 Å². The molecule has 3 rings (SSSR count). The van der Waals surface area contributed by atoms with Crippen molar-refractivity contribution in [3.8, 4) is 5.75 Å². The Morgan fingerprint density at radius 2 is 1.68 bits per heavy atom. The highest BCUT2D eigenvalue weighted by Crippen LogP contribution is 2.32. The molecule has 38 heavy (non-hydrogen) atoms. The second kappa shape index (κ2) is 15.1. The van der Waals surface area contributed by atoms with E-state index in [4.69, 9.17) is 4.74 Å². The molecule has 0 atom stereocenters. The second-order valence-electron chi connectivity index (χ2n) is 11.5. The van der Waals surface area contributed by atoms with Gasteiger partial charge in [-0.1, -0.05) is 108 Å². The van der Waals surface area contributed by atoms with Crippen molar-refractivity contribution in [2.75, 3.05) is 11.9 Å². The maximum atomic E-state index is 12.9. The number of hydrogen-bond acceptors (Lipinski definition) is 3.